The van der Waals surface area contributed by atoms with E-state index in [1.807, 2.05) is 6.92 Å². The third kappa shape index (κ3) is 4.45. The van der Waals surface area contributed by atoms with Gasteiger partial charge in [-0.1, -0.05) is 0 Å². The number of hydrogen-bond acceptors (Lipinski definition) is 7. The number of fused-ring (bicyclic) bond motifs is 1. The zero-order valence-corrected chi connectivity index (χ0v) is 19.3. The second kappa shape index (κ2) is 9.48. The molecule has 0 aliphatic carbocycles. The maximum absolute atomic E-state index is 14.0. The molecule has 0 atom stereocenters. The number of nitrogens with zero attached hydrogens (tertiary/aromatic N) is 3. The Morgan fingerprint density at radius 3 is 2.58 bits per heavy atom. The highest BCUT2D eigenvalue weighted by Gasteiger charge is 2.31. The van der Waals surface area contributed by atoms with E-state index in [9.17, 15) is 18.4 Å². The van der Waals surface area contributed by atoms with Crippen molar-refractivity contribution in [3.05, 3.63) is 51.7 Å². The fourth-order valence-corrected chi connectivity index (χ4v) is 5.24. The van der Waals surface area contributed by atoms with Gasteiger partial charge in [-0.05, 0) is 43.5 Å². The summed E-state index contributed by atoms with van der Waals surface area (Å²) in [6, 6.07) is 2.88. The van der Waals surface area contributed by atoms with Gasteiger partial charge in [0.2, 0.25) is 5.88 Å². The van der Waals surface area contributed by atoms with Crippen LogP contribution in [0.5, 0.6) is 5.88 Å². The van der Waals surface area contributed by atoms with E-state index in [0.717, 1.165) is 23.8 Å². The van der Waals surface area contributed by atoms with Crippen molar-refractivity contribution in [1.82, 2.24) is 14.9 Å². The summed E-state index contributed by atoms with van der Waals surface area (Å²) >= 11 is 1.27. The summed E-state index contributed by atoms with van der Waals surface area (Å²) < 4.78 is 38.0. The number of halogens is 2. The van der Waals surface area contributed by atoms with Crippen molar-refractivity contribution in [3.8, 4) is 5.88 Å². The molecule has 1 amide bonds. The molecule has 1 saturated heterocycles. The number of carbonyl (C=O) groups excluding carboxylic acids is 2. The summed E-state index contributed by atoms with van der Waals surface area (Å²) in [5.74, 6) is -1.58. The lowest BCUT2D eigenvalue weighted by Crippen LogP contribution is -2.40. The molecule has 0 N–H and O–H groups in total. The number of hydrogen-bond donors (Lipinski definition) is 0. The molecule has 1 aliphatic heterocycles. The SMILES string of the molecule is COCc1nc(OC)c2c(C)c(C(=O)N3CCC(C(=O)c4cc(F)ccc4F)CC3)sc2n1. The predicted molar refractivity (Wildman–Crippen MR) is 119 cm³/mol. The van der Waals surface area contributed by atoms with Crippen molar-refractivity contribution in [2.24, 2.45) is 5.92 Å². The molecule has 0 spiro atoms. The molecule has 3 heterocycles. The quantitative estimate of drug-likeness (QED) is 0.498. The predicted octanol–water partition coefficient (Wildman–Crippen LogP) is 4.17. The highest BCUT2D eigenvalue weighted by molar-refractivity contribution is 7.20. The van der Waals surface area contributed by atoms with Crippen LogP contribution in [0.3, 0.4) is 0 Å². The van der Waals surface area contributed by atoms with E-state index >= 15 is 0 Å². The molecule has 10 heteroatoms. The molecule has 0 radical (unpaired) electrons. The summed E-state index contributed by atoms with van der Waals surface area (Å²) in [6.45, 7) is 2.74. The van der Waals surface area contributed by atoms with Gasteiger partial charge in [0.1, 0.15) is 23.1 Å². The van der Waals surface area contributed by atoms with Gasteiger partial charge in [0.25, 0.3) is 5.91 Å². The number of benzene rings is 1. The Bertz CT molecular complexity index is 1220. The number of thiophene rings is 1. The molecule has 2 aromatic heterocycles. The van der Waals surface area contributed by atoms with Crippen LogP contribution in [0, 0.1) is 24.5 Å². The molecule has 1 aliphatic rings. The molecule has 0 unspecified atom stereocenters. The minimum atomic E-state index is -0.733. The fourth-order valence-electron chi connectivity index (χ4n) is 4.08. The number of methoxy groups -OCH3 is 2. The van der Waals surface area contributed by atoms with Crippen LogP contribution in [0.15, 0.2) is 18.2 Å². The average Bonchev–Trinajstić information content (AvgIpc) is 3.15. The van der Waals surface area contributed by atoms with E-state index in [2.05, 4.69) is 9.97 Å². The number of likely N-dealkylation sites (tertiary alicyclic amines) is 1. The third-order valence-corrected chi connectivity index (χ3v) is 6.98. The lowest BCUT2D eigenvalue weighted by molar-refractivity contribution is 0.0652. The van der Waals surface area contributed by atoms with Crippen LogP contribution in [-0.4, -0.2) is 53.9 Å². The summed E-state index contributed by atoms with van der Waals surface area (Å²) in [5.41, 5.74) is 0.499. The number of aryl methyl sites for hydroxylation is 1. The number of amides is 1. The lowest BCUT2D eigenvalue weighted by atomic mass is 9.88. The Hall–Kier alpha value is -2.98. The lowest BCUT2D eigenvalue weighted by Gasteiger charge is -2.31. The summed E-state index contributed by atoms with van der Waals surface area (Å²) in [4.78, 5) is 37.7. The Morgan fingerprint density at radius 2 is 1.91 bits per heavy atom. The van der Waals surface area contributed by atoms with Crippen LogP contribution in [-0.2, 0) is 11.3 Å². The highest BCUT2D eigenvalue weighted by Crippen LogP contribution is 2.36. The number of ketones is 1. The van der Waals surface area contributed by atoms with E-state index in [1.165, 1.54) is 18.4 Å². The molecule has 3 aromatic rings. The number of ether oxygens (including phenoxy) is 2. The van der Waals surface area contributed by atoms with Crippen LogP contribution < -0.4 is 4.74 Å². The van der Waals surface area contributed by atoms with Gasteiger partial charge < -0.3 is 14.4 Å². The van der Waals surface area contributed by atoms with Crippen molar-refractivity contribution in [2.75, 3.05) is 27.3 Å². The average molecular weight is 476 g/mol. The summed E-state index contributed by atoms with van der Waals surface area (Å²) in [7, 11) is 3.06. The van der Waals surface area contributed by atoms with Crippen molar-refractivity contribution in [3.63, 3.8) is 0 Å². The standard InChI is InChI=1S/C23H23F2N3O4S/c1-12-18-21(32-3)26-17(11-31-2)27-22(18)33-20(12)23(30)28-8-6-13(7-9-28)19(29)15-10-14(24)4-5-16(15)25/h4-5,10,13H,6-9,11H2,1-3H3. The molecule has 1 fully saturated rings. The van der Waals surface area contributed by atoms with Gasteiger partial charge in [-0.3, -0.25) is 9.59 Å². The smallest absolute Gasteiger partial charge is 0.264 e. The molecular formula is C23H23F2N3O4S. The molecule has 4 rings (SSSR count). The first-order valence-electron chi connectivity index (χ1n) is 10.5. The van der Waals surface area contributed by atoms with E-state index in [4.69, 9.17) is 9.47 Å². The van der Waals surface area contributed by atoms with Gasteiger partial charge in [-0.25, -0.2) is 13.8 Å². The van der Waals surface area contributed by atoms with Crippen LogP contribution in [0.1, 0.15) is 44.3 Å². The van der Waals surface area contributed by atoms with E-state index in [-0.39, 0.29) is 18.1 Å². The van der Waals surface area contributed by atoms with Crippen LogP contribution in [0.25, 0.3) is 10.2 Å². The third-order valence-electron chi connectivity index (χ3n) is 5.81. The summed E-state index contributed by atoms with van der Waals surface area (Å²) in [5, 5.41) is 0.692. The number of aromatic nitrogens is 2. The van der Waals surface area contributed by atoms with Crippen molar-refractivity contribution in [2.45, 2.75) is 26.4 Å². The highest BCUT2D eigenvalue weighted by atomic mass is 32.1. The van der Waals surface area contributed by atoms with E-state index in [0.29, 0.717) is 52.7 Å². The second-order valence-electron chi connectivity index (χ2n) is 7.87. The molecule has 0 saturated carbocycles. The van der Waals surface area contributed by atoms with Gasteiger partial charge >= 0.3 is 0 Å². The molecule has 7 nitrogen and oxygen atoms in total. The Balaban J connectivity index is 1.52. The zero-order chi connectivity index (χ0) is 23.7. The number of carbonyl (C=O) groups is 2. The van der Waals surface area contributed by atoms with Gasteiger partial charge in [0.05, 0.1) is 22.9 Å². The molecule has 1 aromatic carbocycles. The van der Waals surface area contributed by atoms with Crippen LogP contribution in [0.4, 0.5) is 8.78 Å². The maximum Gasteiger partial charge on any atom is 0.264 e. The summed E-state index contributed by atoms with van der Waals surface area (Å²) in [6.07, 6.45) is 0.761. The van der Waals surface area contributed by atoms with Crippen molar-refractivity contribution >= 4 is 33.2 Å². The first-order chi connectivity index (χ1) is 15.8. The largest absolute Gasteiger partial charge is 0.480 e. The number of rotatable bonds is 6. The first kappa shape index (κ1) is 23.2. The fraction of sp³-hybridized carbons (Fsp3) is 0.391. The topological polar surface area (TPSA) is 81.6 Å². The number of Topliss-reactive ketones (excluding diaryl/α,β-unsaturated/α-hetero) is 1. The van der Waals surface area contributed by atoms with Gasteiger partial charge in [-0.15, -0.1) is 11.3 Å². The molecule has 0 bridgehead atoms. The molecule has 174 valence electrons. The second-order valence-corrected chi connectivity index (χ2v) is 8.87. The van der Waals surface area contributed by atoms with E-state index in [1.54, 1.807) is 12.0 Å². The molecule has 33 heavy (non-hydrogen) atoms. The Morgan fingerprint density at radius 1 is 1.18 bits per heavy atom. The Kier molecular flexibility index (Phi) is 6.66. The van der Waals surface area contributed by atoms with Crippen molar-refractivity contribution in [1.29, 1.82) is 0 Å². The molecular weight excluding hydrogens is 452 g/mol. The van der Waals surface area contributed by atoms with Crippen LogP contribution in [0.2, 0.25) is 0 Å². The monoisotopic (exact) mass is 475 g/mol. The normalized spacial score (nSPS) is 14.6. The first-order valence-corrected chi connectivity index (χ1v) is 11.3. The number of piperidine rings is 1. The van der Waals surface area contributed by atoms with Crippen molar-refractivity contribution < 1.29 is 27.8 Å². The van der Waals surface area contributed by atoms with E-state index < -0.39 is 23.3 Å². The van der Waals surface area contributed by atoms with Gasteiger partial charge in [0, 0.05) is 26.1 Å². The van der Waals surface area contributed by atoms with Gasteiger partial charge in [-0.2, -0.15) is 4.98 Å². The van der Waals surface area contributed by atoms with Crippen LogP contribution >= 0.6 is 11.3 Å². The zero-order valence-electron chi connectivity index (χ0n) is 18.5. The maximum atomic E-state index is 14.0. The van der Waals surface area contributed by atoms with Gasteiger partial charge in [0.15, 0.2) is 11.6 Å². The minimum absolute atomic E-state index is 0.159. The minimum Gasteiger partial charge on any atom is -0.480 e. The Labute approximate surface area is 193 Å².